The van der Waals surface area contributed by atoms with Crippen molar-refractivity contribution in [2.45, 2.75) is 39.0 Å². The standard InChI is InChI=1S/C15H19N.3V/c1-3-4-5-13-6-7-14-8-10-16(2)11-9-15(14)12-13;;;/h6-7,12H,3-5,8-9H2,1-2H3;;;. The van der Waals surface area contributed by atoms with Gasteiger partial charge in [0.05, 0.1) is 0 Å². The average Bonchev–Trinajstić information content (AvgIpc) is 2.46. The molecule has 1 aliphatic rings. The van der Waals surface area contributed by atoms with Gasteiger partial charge in [-0.25, -0.2) is 0 Å². The van der Waals surface area contributed by atoms with E-state index in [1.54, 1.807) is 0 Å². The van der Waals surface area contributed by atoms with E-state index >= 15 is 0 Å². The summed E-state index contributed by atoms with van der Waals surface area (Å²) >= 11 is 5.44. The summed E-state index contributed by atoms with van der Waals surface area (Å²) < 4.78 is 2.75. The molecule has 0 fully saturated rings. The smallest absolute Gasteiger partial charge is 0 e. The molecule has 0 spiro atoms. The Morgan fingerprint density at radius 2 is 1.74 bits per heavy atom. The molecular formula is C15H19NV3. The monoisotopic (exact) mass is 366 g/mol. The van der Waals surface area contributed by atoms with Crippen LogP contribution in [0.25, 0.3) is 0 Å². The molecule has 99 valence electrons. The van der Waals surface area contributed by atoms with Crippen molar-refractivity contribution >= 4 is 8.70 Å². The Morgan fingerprint density at radius 1 is 1.11 bits per heavy atom. The van der Waals surface area contributed by atoms with Gasteiger partial charge in [-0.15, -0.1) is 0 Å². The second kappa shape index (κ2) is 8.20. The molecule has 0 amide bonds. The van der Waals surface area contributed by atoms with Gasteiger partial charge in [-0.05, 0) is 0 Å². The third kappa shape index (κ3) is 4.58. The van der Waals surface area contributed by atoms with Crippen LogP contribution in [0.1, 0.15) is 36.5 Å². The molecule has 19 heavy (non-hydrogen) atoms. The Labute approximate surface area is 146 Å². The van der Waals surface area contributed by atoms with Crippen LogP contribution in [0, 0.1) is 0 Å². The number of nitrogens with zero attached hydrogens (tertiary/aromatic N) is 1. The minimum Gasteiger partial charge on any atom is 0 e. The minimum atomic E-state index is 0. The van der Waals surface area contributed by atoms with Crippen LogP contribution in [0.15, 0.2) is 18.2 Å². The number of unbranched alkanes of at least 4 members (excludes halogenated alkanes) is 1. The summed E-state index contributed by atoms with van der Waals surface area (Å²) in [7, 11) is 2.16. The van der Waals surface area contributed by atoms with E-state index in [0.29, 0.717) is 0 Å². The predicted octanol–water partition coefficient (Wildman–Crippen LogP) is 2.41. The van der Waals surface area contributed by atoms with E-state index in [4.69, 9.17) is 0 Å². The van der Waals surface area contributed by atoms with Crippen LogP contribution in [0.4, 0.5) is 0 Å². The number of rotatable bonds is 3. The first kappa shape index (κ1) is 17.7. The number of likely N-dealkylation sites (N-methyl/N-ethyl adjacent to an activating group) is 1. The molecule has 1 radical (unpaired) electrons. The summed E-state index contributed by atoms with van der Waals surface area (Å²) in [4.78, 5) is 2.30. The van der Waals surface area contributed by atoms with Gasteiger partial charge < -0.3 is 0 Å². The summed E-state index contributed by atoms with van der Waals surface area (Å²) in [5.41, 5.74) is 4.48. The zero-order valence-electron chi connectivity index (χ0n) is 11.6. The van der Waals surface area contributed by atoms with Gasteiger partial charge in [-0.2, -0.15) is 0 Å². The zero-order chi connectivity index (χ0) is 13.1. The van der Waals surface area contributed by atoms with Crippen molar-refractivity contribution in [2.24, 2.45) is 0 Å². The van der Waals surface area contributed by atoms with Crippen LogP contribution >= 0.6 is 0 Å². The maximum atomic E-state index is 2.73. The maximum absolute atomic E-state index is 2.73. The van der Waals surface area contributed by atoms with Crippen molar-refractivity contribution in [2.75, 3.05) is 7.05 Å². The van der Waals surface area contributed by atoms with Gasteiger partial charge in [0, 0.05) is 18.6 Å². The van der Waals surface area contributed by atoms with Gasteiger partial charge in [-0.3, -0.25) is 0 Å². The van der Waals surface area contributed by atoms with E-state index < -0.39 is 0 Å². The van der Waals surface area contributed by atoms with Crippen LogP contribution in [0.3, 0.4) is 0 Å². The number of hydrogen-bond donors (Lipinski definition) is 0. The molecule has 0 N–H and O–H groups in total. The van der Waals surface area contributed by atoms with E-state index in [9.17, 15) is 0 Å². The second-order valence-corrected chi connectivity index (χ2v) is 6.56. The molecule has 0 saturated heterocycles. The van der Waals surface area contributed by atoms with E-state index in [0.717, 1.165) is 12.8 Å². The van der Waals surface area contributed by atoms with E-state index in [-0.39, 0.29) is 18.6 Å². The van der Waals surface area contributed by atoms with Gasteiger partial charge in [-0.1, -0.05) is 0 Å². The fourth-order valence-corrected chi connectivity index (χ4v) is 3.39. The van der Waals surface area contributed by atoms with Crippen molar-refractivity contribution in [3.63, 3.8) is 0 Å². The van der Waals surface area contributed by atoms with Crippen LogP contribution in [0.5, 0.6) is 0 Å². The Bertz CT molecular complexity index is 482. The summed E-state index contributed by atoms with van der Waals surface area (Å²) in [6.07, 6.45) is 5.90. The predicted molar refractivity (Wildman–Crippen MR) is 70.2 cm³/mol. The first-order valence-corrected chi connectivity index (χ1v) is 7.95. The summed E-state index contributed by atoms with van der Waals surface area (Å²) in [5.74, 6) is 0. The van der Waals surface area contributed by atoms with Crippen LogP contribution in [0.2, 0.25) is 0 Å². The molecule has 0 aliphatic carbocycles. The van der Waals surface area contributed by atoms with Crippen molar-refractivity contribution in [3.8, 4) is 0 Å². The van der Waals surface area contributed by atoms with Gasteiger partial charge in [0.1, 0.15) is 0 Å². The molecule has 0 unspecified atom stereocenters. The Balaban J connectivity index is 0.00000180. The molecule has 0 aromatic heterocycles. The van der Waals surface area contributed by atoms with Gasteiger partial charge in [0.25, 0.3) is 0 Å². The summed E-state index contributed by atoms with van der Waals surface area (Å²) in [6, 6.07) is 7.05. The Kier molecular flexibility index (Phi) is 7.65. The summed E-state index contributed by atoms with van der Waals surface area (Å²) in [5, 5.41) is 0. The Hall–Kier alpha value is 0.673. The molecule has 1 aromatic rings. The second-order valence-electron chi connectivity index (χ2n) is 4.95. The van der Waals surface area contributed by atoms with Crippen LogP contribution < -0.4 is 0 Å². The maximum Gasteiger partial charge on any atom is 0 e. The molecule has 0 atom stereocenters. The quantitative estimate of drug-likeness (QED) is 0.795. The van der Waals surface area contributed by atoms with Gasteiger partial charge in [0.15, 0.2) is 0 Å². The van der Waals surface area contributed by atoms with Crippen molar-refractivity contribution < 1.29 is 52.5 Å². The number of fused-ring (bicyclic) bond motifs is 1. The SMILES string of the molecule is CCCCc1ccc2c(c1)C[C](=[V])N(C)[C](=[V])C2.[V]. The third-order valence-corrected chi connectivity index (χ3v) is 4.99. The first-order valence-electron chi connectivity index (χ1n) is 6.55. The fraction of sp³-hybridized carbons (Fsp3) is 0.467. The molecule has 2 rings (SSSR count). The third-order valence-electron chi connectivity index (χ3n) is 3.56. The largest absolute Gasteiger partial charge is 0 e. The summed E-state index contributed by atoms with van der Waals surface area (Å²) in [6.45, 7) is 2.25. The van der Waals surface area contributed by atoms with Crippen molar-refractivity contribution in [1.29, 1.82) is 0 Å². The molecular weight excluding hydrogens is 347 g/mol. The van der Waals surface area contributed by atoms with Crippen molar-refractivity contribution in [3.05, 3.63) is 34.9 Å². The van der Waals surface area contributed by atoms with Crippen LogP contribution in [-0.4, -0.2) is 20.6 Å². The molecule has 4 heteroatoms. The Morgan fingerprint density at radius 3 is 2.37 bits per heavy atom. The fourth-order valence-electron chi connectivity index (χ4n) is 2.28. The zero-order valence-corrected chi connectivity index (χ0v) is 15.7. The number of aryl methyl sites for hydroxylation is 1. The molecule has 1 aromatic carbocycles. The van der Waals surface area contributed by atoms with E-state index in [1.165, 1.54) is 44.7 Å². The number of hydrogen-bond acceptors (Lipinski definition) is 1. The molecule has 1 nitrogen and oxygen atoms in total. The van der Waals surface area contributed by atoms with E-state index in [2.05, 4.69) is 71.0 Å². The molecule has 0 bridgehead atoms. The average molecular weight is 366 g/mol. The first-order chi connectivity index (χ1) is 8.61. The number of benzene rings is 1. The molecule has 1 heterocycles. The van der Waals surface area contributed by atoms with Gasteiger partial charge in [0.2, 0.25) is 0 Å². The molecule has 0 saturated carbocycles. The van der Waals surface area contributed by atoms with Crippen molar-refractivity contribution in [1.82, 2.24) is 4.90 Å². The minimum absolute atomic E-state index is 0. The topological polar surface area (TPSA) is 3.24 Å². The van der Waals surface area contributed by atoms with E-state index in [1.807, 2.05) is 0 Å². The van der Waals surface area contributed by atoms with Gasteiger partial charge >= 0.3 is 129 Å². The molecule has 1 aliphatic heterocycles. The van der Waals surface area contributed by atoms with Crippen LogP contribution in [-0.2, 0) is 71.8 Å². The normalized spacial score (nSPS) is 15.6.